The molecule has 4 heterocycles. The normalized spacial score (nSPS) is 17.1. The highest BCUT2D eigenvalue weighted by Gasteiger charge is 2.32. The lowest BCUT2D eigenvalue weighted by Crippen LogP contribution is -2.38. The van der Waals surface area contributed by atoms with Crippen molar-refractivity contribution in [2.24, 2.45) is 14.1 Å². The summed E-state index contributed by atoms with van der Waals surface area (Å²) in [6, 6.07) is 0. The van der Waals surface area contributed by atoms with Gasteiger partial charge in [-0.05, 0) is 27.7 Å². The zero-order chi connectivity index (χ0) is 28.1. The number of nitrogens with zero attached hydrogens (tertiary/aromatic N) is 5. The molecule has 2 aromatic heterocycles. The van der Waals surface area contributed by atoms with E-state index >= 15 is 0 Å². The first-order valence-electron chi connectivity index (χ1n) is 11.8. The fourth-order valence-corrected chi connectivity index (χ4v) is 7.43. The summed E-state index contributed by atoms with van der Waals surface area (Å²) in [6.45, 7) is 9.02. The maximum absolute atomic E-state index is 12.5. The molecule has 0 aliphatic carbocycles. The molecule has 0 atom stereocenters. The fraction of sp³-hybridized carbons (Fsp3) is 0.636. The molecule has 2 aromatic rings. The van der Waals surface area contributed by atoms with Crippen LogP contribution in [0.2, 0.25) is 0 Å². The predicted octanol–water partition coefficient (Wildman–Crippen LogP) is 1.29. The Hall–Kier alpha value is -2.13. The lowest BCUT2D eigenvalue weighted by molar-refractivity contribution is -0.121. The Morgan fingerprint density at radius 2 is 1.14 bits per heavy atom. The van der Waals surface area contributed by atoms with Gasteiger partial charge in [-0.3, -0.25) is 19.0 Å². The number of Topliss-reactive ketones (excluding diaryl/α,β-unsaturated/α-hetero) is 2. The van der Waals surface area contributed by atoms with E-state index in [1.165, 1.54) is 8.99 Å². The quantitative estimate of drug-likeness (QED) is 0.531. The van der Waals surface area contributed by atoms with Gasteiger partial charge in [0.25, 0.3) is 9.05 Å². The average molecular weight is 579 g/mol. The molecule has 0 saturated carbocycles. The summed E-state index contributed by atoms with van der Waals surface area (Å²) < 4.78 is 51.5. The molecule has 0 aromatic carbocycles. The molecule has 0 amide bonds. The van der Waals surface area contributed by atoms with Gasteiger partial charge in [-0.2, -0.15) is 14.5 Å². The highest BCUT2D eigenvalue weighted by molar-refractivity contribution is 8.13. The Morgan fingerprint density at radius 3 is 1.43 bits per heavy atom. The lowest BCUT2D eigenvalue weighted by Gasteiger charge is -2.25. The molecule has 0 spiro atoms. The third kappa shape index (κ3) is 7.93. The van der Waals surface area contributed by atoms with Crippen molar-refractivity contribution < 1.29 is 26.4 Å². The Kier molecular flexibility index (Phi) is 10.6. The number of ketones is 2. The first-order valence-corrected chi connectivity index (χ1v) is 15.5. The third-order valence-electron chi connectivity index (χ3n) is 6.17. The molecule has 2 fully saturated rings. The van der Waals surface area contributed by atoms with Crippen molar-refractivity contribution in [3.63, 3.8) is 0 Å². The van der Waals surface area contributed by atoms with E-state index < -0.39 is 19.1 Å². The van der Waals surface area contributed by atoms with Crippen LogP contribution in [0, 0.1) is 27.7 Å². The number of aryl methyl sites for hydroxylation is 4. The van der Waals surface area contributed by atoms with Gasteiger partial charge >= 0.3 is 0 Å². The number of halogens is 1. The Bertz CT molecular complexity index is 1350. The number of piperidine rings is 2. The number of hydrogen-bond donors (Lipinski definition) is 1. The maximum atomic E-state index is 12.5. The number of nitrogens with one attached hydrogen (secondary N) is 1. The minimum absolute atomic E-state index is 0.117. The predicted molar refractivity (Wildman–Crippen MR) is 139 cm³/mol. The van der Waals surface area contributed by atoms with Gasteiger partial charge in [-0.15, -0.1) is 0 Å². The van der Waals surface area contributed by atoms with Crippen molar-refractivity contribution >= 4 is 41.3 Å². The standard InChI is InChI=1S/C11H17N3O3S.C6H9ClN2O2S.C5H9NO/c1-8-11(9(2)13(3)12-8)18(16,17)14-6-4-10(15)5-7-14;1-4-6(12(7,10)11)5(2)9(3)8-4;7-5-1-3-6-4-2-5/h4-7H2,1-3H3;1-3H3;6H,1-4H2. The van der Waals surface area contributed by atoms with Crippen molar-refractivity contribution in [1.82, 2.24) is 29.2 Å². The molecule has 1 N–H and O–H groups in total. The summed E-state index contributed by atoms with van der Waals surface area (Å²) in [5.74, 6) is 0.528. The summed E-state index contributed by atoms with van der Waals surface area (Å²) >= 11 is 0. The van der Waals surface area contributed by atoms with Crippen LogP contribution in [0.3, 0.4) is 0 Å². The third-order valence-corrected chi connectivity index (χ3v) is 9.86. The SMILES string of the molecule is Cc1nn(C)c(C)c1S(=O)(=O)Cl.Cc1nn(C)c(C)c1S(=O)(=O)N1CCC(=O)CC1.O=C1CCNCC1. The molecule has 0 unspecified atom stereocenters. The smallest absolute Gasteiger partial charge is 0.264 e. The highest BCUT2D eigenvalue weighted by Crippen LogP contribution is 2.25. The van der Waals surface area contributed by atoms with Crippen molar-refractivity contribution in [3.8, 4) is 0 Å². The lowest BCUT2D eigenvalue weighted by atomic mass is 10.1. The minimum atomic E-state index is -3.65. The van der Waals surface area contributed by atoms with Crippen LogP contribution in [0.25, 0.3) is 0 Å². The number of sulfonamides is 1. The van der Waals surface area contributed by atoms with Crippen molar-refractivity contribution in [3.05, 3.63) is 22.8 Å². The first kappa shape index (κ1) is 31.1. The Labute approximate surface area is 222 Å². The topological polar surface area (TPSA) is 153 Å². The average Bonchev–Trinajstić information content (AvgIpc) is 3.21. The number of aromatic nitrogens is 4. The van der Waals surface area contributed by atoms with Crippen LogP contribution in [0.15, 0.2) is 9.79 Å². The molecular formula is C22H35ClN6O6S2. The van der Waals surface area contributed by atoms with E-state index in [1.807, 2.05) is 0 Å². The maximum Gasteiger partial charge on any atom is 0.264 e. The van der Waals surface area contributed by atoms with Crippen LogP contribution in [0.5, 0.6) is 0 Å². The van der Waals surface area contributed by atoms with Crippen LogP contribution in [0.4, 0.5) is 0 Å². The molecule has 0 bridgehead atoms. The van der Waals surface area contributed by atoms with E-state index in [9.17, 15) is 26.4 Å². The van der Waals surface area contributed by atoms with Gasteiger partial charge in [-0.1, -0.05) is 0 Å². The summed E-state index contributed by atoms with van der Waals surface area (Å²) in [5, 5.41) is 11.2. The molecule has 2 aliphatic heterocycles. The van der Waals surface area contributed by atoms with Crippen molar-refractivity contribution in [2.45, 2.75) is 63.2 Å². The van der Waals surface area contributed by atoms with E-state index in [-0.39, 0.29) is 28.7 Å². The van der Waals surface area contributed by atoms with Gasteiger partial charge < -0.3 is 5.32 Å². The molecular weight excluding hydrogens is 544 g/mol. The molecule has 37 heavy (non-hydrogen) atoms. The van der Waals surface area contributed by atoms with Crippen LogP contribution in [-0.4, -0.2) is 78.4 Å². The largest absolute Gasteiger partial charge is 0.316 e. The second-order valence-electron chi connectivity index (χ2n) is 8.92. The van der Waals surface area contributed by atoms with E-state index in [4.69, 9.17) is 10.7 Å². The second kappa shape index (κ2) is 12.6. The van der Waals surface area contributed by atoms with E-state index in [2.05, 4.69) is 15.5 Å². The molecule has 2 saturated heterocycles. The Morgan fingerprint density at radius 1 is 0.730 bits per heavy atom. The summed E-state index contributed by atoms with van der Waals surface area (Å²) in [5.41, 5.74) is 2.13. The number of carbonyl (C=O) groups is 2. The zero-order valence-electron chi connectivity index (χ0n) is 22.0. The first-order chi connectivity index (χ1) is 17.1. The monoisotopic (exact) mass is 578 g/mol. The molecule has 0 radical (unpaired) electrons. The second-order valence-corrected chi connectivity index (χ2v) is 13.3. The van der Waals surface area contributed by atoms with E-state index in [0.717, 1.165) is 25.9 Å². The number of carbonyl (C=O) groups excluding carboxylic acids is 2. The van der Waals surface area contributed by atoms with Gasteiger partial charge in [0.05, 0.1) is 22.8 Å². The minimum Gasteiger partial charge on any atom is -0.316 e. The van der Waals surface area contributed by atoms with Crippen molar-refractivity contribution in [2.75, 3.05) is 26.2 Å². The molecule has 4 rings (SSSR count). The van der Waals surface area contributed by atoms with Crippen LogP contribution in [-0.2, 0) is 42.8 Å². The fourth-order valence-electron chi connectivity index (χ4n) is 4.05. The molecule has 2 aliphatic rings. The summed E-state index contributed by atoms with van der Waals surface area (Å²) in [4.78, 5) is 22.0. The number of hydrogen-bond acceptors (Lipinski definition) is 9. The van der Waals surface area contributed by atoms with Crippen LogP contribution < -0.4 is 5.32 Å². The molecule has 15 heteroatoms. The number of rotatable bonds is 3. The van der Waals surface area contributed by atoms with E-state index in [0.29, 0.717) is 41.4 Å². The summed E-state index contributed by atoms with van der Waals surface area (Å²) in [7, 11) is 1.42. The van der Waals surface area contributed by atoms with Crippen molar-refractivity contribution in [1.29, 1.82) is 0 Å². The molecule has 208 valence electrons. The Balaban J connectivity index is 0.000000217. The zero-order valence-corrected chi connectivity index (χ0v) is 24.4. The van der Waals surface area contributed by atoms with Gasteiger partial charge in [0.15, 0.2) is 0 Å². The van der Waals surface area contributed by atoms with Gasteiger partial charge in [0.1, 0.15) is 21.4 Å². The van der Waals surface area contributed by atoms with Crippen LogP contribution in [0.1, 0.15) is 48.5 Å². The molecule has 12 nitrogen and oxygen atoms in total. The van der Waals surface area contributed by atoms with Gasteiger partial charge in [0.2, 0.25) is 10.0 Å². The van der Waals surface area contributed by atoms with Gasteiger partial charge in [0, 0.05) is 76.6 Å². The highest BCUT2D eigenvalue weighted by atomic mass is 35.7. The van der Waals surface area contributed by atoms with E-state index in [1.54, 1.807) is 46.5 Å². The van der Waals surface area contributed by atoms with Gasteiger partial charge in [-0.25, -0.2) is 16.8 Å². The summed E-state index contributed by atoms with van der Waals surface area (Å²) in [6.07, 6.45) is 2.08. The van der Waals surface area contributed by atoms with Crippen LogP contribution >= 0.6 is 10.7 Å².